The van der Waals surface area contributed by atoms with Gasteiger partial charge in [-0.15, -0.1) is 0 Å². The molecule has 0 radical (unpaired) electrons. The summed E-state index contributed by atoms with van der Waals surface area (Å²) in [4.78, 5) is 29.8. The second-order valence-corrected chi connectivity index (χ2v) is 5.93. The lowest BCUT2D eigenvalue weighted by Gasteiger charge is -2.36. The van der Waals surface area contributed by atoms with Crippen LogP contribution in [0.25, 0.3) is 0 Å². The molecule has 2 heterocycles. The molecule has 1 aliphatic heterocycles. The number of carbonyl (C=O) groups excluding carboxylic acids is 1. The van der Waals surface area contributed by atoms with Gasteiger partial charge in [0.1, 0.15) is 0 Å². The summed E-state index contributed by atoms with van der Waals surface area (Å²) in [6.45, 7) is 4.68. The van der Waals surface area contributed by atoms with Crippen LogP contribution in [0.2, 0.25) is 0 Å². The first-order chi connectivity index (χ1) is 10.0. The Labute approximate surface area is 131 Å². The van der Waals surface area contributed by atoms with Crippen molar-refractivity contribution in [3.8, 4) is 0 Å². The lowest BCUT2D eigenvalue weighted by atomic mass is 10.2. The third-order valence-corrected chi connectivity index (χ3v) is 4.54. The highest BCUT2D eigenvalue weighted by atomic mass is 79.9. The highest BCUT2D eigenvalue weighted by Gasteiger charge is 2.25. The van der Waals surface area contributed by atoms with E-state index in [9.17, 15) is 14.9 Å². The Balaban J connectivity index is 1.94. The Kier molecular flexibility index (Phi) is 5.11. The SMILES string of the molecule is CCC(Br)C(=O)N1CCN(c2ccc([N+](=O)[O-])nc2)CC1. The van der Waals surface area contributed by atoms with Gasteiger partial charge in [-0.25, -0.2) is 0 Å². The average Bonchev–Trinajstić information content (AvgIpc) is 2.53. The molecule has 114 valence electrons. The van der Waals surface area contributed by atoms with Gasteiger partial charge in [-0.2, -0.15) is 0 Å². The van der Waals surface area contributed by atoms with Crippen LogP contribution in [-0.4, -0.2) is 51.7 Å². The standard InChI is InChI=1S/C13H17BrN4O3/c1-2-11(14)13(19)17-7-5-16(6-8-17)10-3-4-12(15-9-10)18(20)21/h3-4,9,11H,2,5-8H2,1H3. The minimum absolute atomic E-state index is 0.120. The van der Waals surface area contributed by atoms with E-state index in [-0.39, 0.29) is 16.6 Å². The molecule has 21 heavy (non-hydrogen) atoms. The number of nitrogens with zero attached hydrogens (tertiary/aromatic N) is 4. The number of nitro groups is 1. The molecule has 7 nitrogen and oxygen atoms in total. The third-order valence-electron chi connectivity index (χ3n) is 3.50. The summed E-state index contributed by atoms with van der Waals surface area (Å²) in [5, 5.41) is 10.6. The monoisotopic (exact) mass is 356 g/mol. The zero-order chi connectivity index (χ0) is 15.4. The minimum Gasteiger partial charge on any atom is -0.365 e. The molecule has 1 aliphatic rings. The fraction of sp³-hybridized carbons (Fsp3) is 0.538. The van der Waals surface area contributed by atoms with Crippen LogP contribution in [0.5, 0.6) is 0 Å². The lowest BCUT2D eigenvalue weighted by molar-refractivity contribution is -0.389. The number of anilines is 1. The topological polar surface area (TPSA) is 79.6 Å². The van der Waals surface area contributed by atoms with E-state index in [2.05, 4.69) is 25.8 Å². The predicted octanol–water partition coefficient (Wildman–Crippen LogP) is 1.81. The van der Waals surface area contributed by atoms with E-state index in [4.69, 9.17) is 0 Å². The van der Waals surface area contributed by atoms with Crippen LogP contribution in [0.15, 0.2) is 18.3 Å². The van der Waals surface area contributed by atoms with Crippen LogP contribution in [0.1, 0.15) is 13.3 Å². The van der Waals surface area contributed by atoms with Crippen molar-refractivity contribution in [2.24, 2.45) is 0 Å². The molecule has 1 fully saturated rings. The highest BCUT2D eigenvalue weighted by molar-refractivity contribution is 9.10. The van der Waals surface area contributed by atoms with Gasteiger partial charge in [0.2, 0.25) is 5.91 Å². The number of hydrogen-bond acceptors (Lipinski definition) is 5. The smallest absolute Gasteiger partial charge is 0.363 e. The summed E-state index contributed by atoms with van der Waals surface area (Å²) in [7, 11) is 0. The zero-order valence-corrected chi connectivity index (χ0v) is 13.3. The first kappa shape index (κ1) is 15.7. The van der Waals surface area contributed by atoms with Gasteiger partial charge in [0.15, 0.2) is 6.20 Å². The van der Waals surface area contributed by atoms with Crippen molar-refractivity contribution in [3.05, 3.63) is 28.4 Å². The summed E-state index contributed by atoms with van der Waals surface area (Å²) in [5.41, 5.74) is 0.846. The Hall–Kier alpha value is -1.70. The quantitative estimate of drug-likeness (QED) is 0.467. The number of hydrogen-bond donors (Lipinski definition) is 0. The molecule has 0 aliphatic carbocycles. The lowest BCUT2D eigenvalue weighted by Crippen LogP contribution is -2.50. The van der Waals surface area contributed by atoms with Crippen molar-refractivity contribution in [2.75, 3.05) is 31.1 Å². The molecule has 0 saturated carbocycles. The molecule has 0 spiro atoms. The number of amides is 1. The van der Waals surface area contributed by atoms with Gasteiger partial charge < -0.3 is 19.9 Å². The summed E-state index contributed by atoms with van der Waals surface area (Å²) < 4.78 is 0. The molecule has 1 saturated heterocycles. The first-order valence-electron chi connectivity index (χ1n) is 6.81. The van der Waals surface area contributed by atoms with Gasteiger partial charge in [0.05, 0.1) is 10.5 Å². The van der Waals surface area contributed by atoms with Gasteiger partial charge in [-0.1, -0.05) is 22.9 Å². The van der Waals surface area contributed by atoms with E-state index in [1.165, 1.54) is 12.3 Å². The van der Waals surface area contributed by atoms with Crippen LogP contribution in [0.4, 0.5) is 11.5 Å². The summed E-state index contributed by atoms with van der Waals surface area (Å²) >= 11 is 3.38. The van der Waals surface area contributed by atoms with Crippen molar-refractivity contribution in [2.45, 2.75) is 18.2 Å². The highest BCUT2D eigenvalue weighted by Crippen LogP contribution is 2.19. The van der Waals surface area contributed by atoms with E-state index >= 15 is 0 Å². The maximum absolute atomic E-state index is 12.1. The summed E-state index contributed by atoms with van der Waals surface area (Å²) in [6, 6.07) is 3.10. The molecular formula is C13H17BrN4O3. The molecule has 1 aromatic rings. The van der Waals surface area contributed by atoms with Gasteiger partial charge in [-0.3, -0.25) is 4.79 Å². The van der Waals surface area contributed by atoms with Gasteiger partial charge in [0, 0.05) is 32.2 Å². The van der Waals surface area contributed by atoms with Gasteiger partial charge in [-0.05, 0) is 22.4 Å². The minimum atomic E-state index is -0.513. The second-order valence-electron chi connectivity index (χ2n) is 4.82. The van der Waals surface area contributed by atoms with E-state index in [0.717, 1.165) is 12.1 Å². The van der Waals surface area contributed by atoms with Crippen LogP contribution in [-0.2, 0) is 4.79 Å². The van der Waals surface area contributed by atoms with Crippen molar-refractivity contribution in [1.82, 2.24) is 9.88 Å². The van der Waals surface area contributed by atoms with Crippen LogP contribution in [0.3, 0.4) is 0 Å². The number of halogens is 1. The Morgan fingerprint density at radius 1 is 1.43 bits per heavy atom. The van der Waals surface area contributed by atoms with E-state index < -0.39 is 4.92 Å². The second kappa shape index (κ2) is 6.84. The fourth-order valence-corrected chi connectivity index (χ4v) is 2.52. The van der Waals surface area contributed by atoms with Crippen molar-refractivity contribution >= 4 is 33.3 Å². The Morgan fingerprint density at radius 2 is 2.10 bits per heavy atom. The number of rotatable bonds is 4. The van der Waals surface area contributed by atoms with Crippen LogP contribution < -0.4 is 4.90 Å². The van der Waals surface area contributed by atoms with E-state index in [1.54, 1.807) is 6.07 Å². The zero-order valence-electron chi connectivity index (χ0n) is 11.7. The molecular weight excluding hydrogens is 340 g/mol. The van der Waals surface area contributed by atoms with E-state index in [0.29, 0.717) is 26.2 Å². The number of alkyl halides is 1. The molecule has 0 N–H and O–H groups in total. The van der Waals surface area contributed by atoms with Crippen molar-refractivity contribution in [1.29, 1.82) is 0 Å². The molecule has 0 aromatic carbocycles. The largest absolute Gasteiger partial charge is 0.365 e. The molecule has 2 rings (SSSR count). The first-order valence-corrected chi connectivity index (χ1v) is 7.72. The molecule has 8 heteroatoms. The average molecular weight is 357 g/mol. The fourth-order valence-electron chi connectivity index (χ4n) is 2.23. The molecule has 1 atom stereocenters. The van der Waals surface area contributed by atoms with Crippen molar-refractivity contribution in [3.63, 3.8) is 0 Å². The van der Waals surface area contributed by atoms with Crippen LogP contribution >= 0.6 is 15.9 Å². The number of aromatic nitrogens is 1. The Bertz CT molecular complexity index is 515. The predicted molar refractivity (Wildman–Crippen MR) is 82.7 cm³/mol. The van der Waals surface area contributed by atoms with Gasteiger partial charge >= 0.3 is 5.82 Å². The maximum Gasteiger partial charge on any atom is 0.363 e. The number of piperazine rings is 1. The van der Waals surface area contributed by atoms with Crippen LogP contribution in [0, 0.1) is 10.1 Å². The molecule has 1 amide bonds. The maximum atomic E-state index is 12.1. The molecule has 0 bridgehead atoms. The number of carbonyl (C=O) groups is 1. The third kappa shape index (κ3) is 3.69. The number of pyridine rings is 1. The van der Waals surface area contributed by atoms with E-state index in [1.807, 2.05) is 11.8 Å². The summed E-state index contributed by atoms with van der Waals surface area (Å²) in [5.74, 6) is -0.0309. The molecule has 1 unspecified atom stereocenters. The van der Waals surface area contributed by atoms with Crippen molar-refractivity contribution < 1.29 is 9.72 Å². The summed E-state index contributed by atoms with van der Waals surface area (Å²) in [6.07, 6.45) is 2.28. The Morgan fingerprint density at radius 3 is 2.57 bits per heavy atom. The normalized spacial score (nSPS) is 16.7. The van der Waals surface area contributed by atoms with Gasteiger partial charge in [0.25, 0.3) is 0 Å². The molecule has 1 aromatic heterocycles.